The number of anilines is 1. The molecule has 2 amide bonds. The summed E-state index contributed by atoms with van der Waals surface area (Å²) in [7, 11) is 1.92. The molecular formula is C25H29N3O2S. The molecule has 1 aromatic carbocycles. The topological polar surface area (TPSA) is 54.3 Å². The Kier molecular flexibility index (Phi) is 6.87. The van der Waals surface area contributed by atoms with Crippen LogP contribution < -0.4 is 10.2 Å². The summed E-state index contributed by atoms with van der Waals surface area (Å²) < 4.78 is 1.93. The van der Waals surface area contributed by atoms with Gasteiger partial charge in [0.25, 0.3) is 0 Å². The smallest absolute Gasteiger partial charge is 0.249 e. The third-order valence-electron chi connectivity index (χ3n) is 5.93. The van der Waals surface area contributed by atoms with Crippen LogP contribution >= 0.6 is 11.3 Å². The molecule has 1 atom stereocenters. The normalized spacial score (nSPS) is 15.4. The molecule has 1 unspecified atom stereocenters. The minimum absolute atomic E-state index is 0.0846. The highest BCUT2D eigenvalue weighted by molar-refractivity contribution is 7.10. The molecule has 2 heterocycles. The summed E-state index contributed by atoms with van der Waals surface area (Å²) in [4.78, 5) is 29.9. The van der Waals surface area contributed by atoms with Crippen molar-refractivity contribution in [2.45, 2.75) is 50.6 Å². The number of para-hydroxylation sites is 1. The standard InChI is InChI=1S/C25H29N3O2S/c1-27-16-8-15-22(27)24(25(30)26-19-10-4-2-5-11-19)28(20-12-6-3-7-13-20)23(29)18-21-14-9-17-31-21/h3,6-9,12-17,19,24H,2,4-5,10-11,18H2,1H3,(H,26,30). The number of carbonyl (C=O) groups excluding carboxylic acids is 2. The van der Waals surface area contributed by atoms with Crippen LogP contribution in [0.2, 0.25) is 0 Å². The molecule has 0 aliphatic heterocycles. The van der Waals surface area contributed by atoms with Crippen molar-refractivity contribution in [3.63, 3.8) is 0 Å². The number of aromatic nitrogens is 1. The second-order valence-electron chi connectivity index (χ2n) is 8.15. The van der Waals surface area contributed by atoms with Crippen molar-refractivity contribution in [2.24, 2.45) is 7.05 Å². The highest BCUT2D eigenvalue weighted by Crippen LogP contribution is 2.30. The summed E-state index contributed by atoms with van der Waals surface area (Å²) in [6.45, 7) is 0. The molecule has 0 bridgehead atoms. The Morgan fingerprint density at radius 1 is 1.06 bits per heavy atom. The Labute approximate surface area is 187 Å². The predicted molar refractivity (Wildman–Crippen MR) is 125 cm³/mol. The Bertz CT molecular complexity index is 991. The Morgan fingerprint density at radius 2 is 1.84 bits per heavy atom. The first kappa shape index (κ1) is 21.4. The van der Waals surface area contributed by atoms with Gasteiger partial charge in [-0.05, 0) is 48.6 Å². The molecule has 6 heteroatoms. The van der Waals surface area contributed by atoms with E-state index in [4.69, 9.17) is 0 Å². The lowest BCUT2D eigenvalue weighted by atomic mass is 9.95. The lowest BCUT2D eigenvalue weighted by Gasteiger charge is -2.33. The van der Waals surface area contributed by atoms with E-state index in [0.717, 1.165) is 41.9 Å². The Balaban J connectivity index is 1.71. The van der Waals surface area contributed by atoms with Crippen LogP contribution in [0.25, 0.3) is 0 Å². The average molecular weight is 436 g/mol. The van der Waals surface area contributed by atoms with Gasteiger partial charge in [-0.25, -0.2) is 0 Å². The summed E-state index contributed by atoms with van der Waals surface area (Å²) in [5, 5.41) is 5.23. The largest absolute Gasteiger partial charge is 0.352 e. The van der Waals surface area contributed by atoms with Crippen LogP contribution in [-0.2, 0) is 23.1 Å². The molecule has 0 saturated heterocycles. The van der Waals surface area contributed by atoms with Gasteiger partial charge in [-0.15, -0.1) is 11.3 Å². The number of hydrogen-bond acceptors (Lipinski definition) is 3. The number of benzene rings is 1. The molecule has 5 nitrogen and oxygen atoms in total. The van der Waals surface area contributed by atoms with E-state index in [1.54, 1.807) is 16.2 Å². The van der Waals surface area contributed by atoms with Gasteiger partial charge in [-0.1, -0.05) is 43.5 Å². The van der Waals surface area contributed by atoms with Gasteiger partial charge in [-0.2, -0.15) is 0 Å². The highest BCUT2D eigenvalue weighted by atomic mass is 32.1. The second-order valence-corrected chi connectivity index (χ2v) is 9.18. The highest BCUT2D eigenvalue weighted by Gasteiger charge is 2.35. The van der Waals surface area contributed by atoms with Crippen molar-refractivity contribution in [3.05, 3.63) is 76.7 Å². The molecular weight excluding hydrogens is 406 g/mol. The maximum absolute atomic E-state index is 13.7. The molecule has 2 aromatic heterocycles. The number of thiophene rings is 1. The van der Waals surface area contributed by atoms with Crippen molar-refractivity contribution in [3.8, 4) is 0 Å². The summed E-state index contributed by atoms with van der Waals surface area (Å²) in [5.74, 6) is -0.198. The maximum Gasteiger partial charge on any atom is 0.249 e. The van der Waals surface area contributed by atoms with Crippen LogP contribution in [0.4, 0.5) is 5.69 Å². The van der Waals surface area contributed by atoms with Gasteiger partial charge in [0.05, 0.1) is 12.1 Å². The molecule has 0 radical (unpaired) electrons. The van der Waals surface area contributed by atoms with E-state index < -0.39 is 6.04 Å². The number of hydrogen-bond donors (Lipinski definition) is 1. The Morgan fingerprint density at radius 3 is 2.48 bits per heavy atom. The molecule has 1 aliphatic carbocycles. The molecule has 0 spiro atoms. The average Bonchev–Trinajstić information content (AvgIpc) is 3.44. The Hall–Kier alpha value is -2.86. The van der Waals surface area contributed by atoms with Crippen molar-refractivity contribution in [1.29, 1.82) is 0 Å². The molecule has 162 valence electrons. The quantitative estimate of drug-likeness (QED) is 0.577. The van der Waals surface area contributed by atoms with Crippen molar-refractivity contribution in [1.82, 2.24) is 9.88 Å². The number of rotatable bonds is 7. The summed E-state index contributed by atoms with van der Waals surface area (Å²) in [6.07, 6.45) is 7.69. The van der Waals surface area contributed by atoms with Crippen molar-refractivity contribution >= 4 is 28.8 Å². The van der Waals surface area contributed by atoms with Crippen LogP contribution in [0, 0.1) is 0 Å². The predicted octanol–water partition coefficient (Wildman–Crippen LogP) is 4.85. The van der Waals surface area contributed by atoms with E-state index in [9.17, 15) is 9.59 Å². The maximum atomic E-state index is 13.7. The second kappa shape index (κ2) is 9.96. The molecule has 3 aromatic rings. The number of nitrogens with one attached hydrogen (secondary N) is 1. The van der Waals surface area contributed by atoms with Crippen LogP contribution in [-0.4, -0.2) is 22.4 Å². The zero-order valence-electron chi connectivity index (χ0n) is 17.9. The molecule has 1 fully saturated rings. The minimum atomic E-state index is -0.725. The first-order valence-corrected chi connectivity index (χ1v) is 11.8. The van der Waals surface area contributed by atoms with Gasteiger partial charge in [0, 0.05) is 29.9 Å². The fraction of sp³-hybridized carbons (Fsp3) is 0.360. The minimum Gasteiger partial charge on any atom is -0.352 e. The van der Waals surface area contributed by atoms with E-state index >= 15 is 0 Å². The third kappa shape index (κ3) is 5.07. The van der Waals surface area contributed by atoms with Gasteiger partial charge in [0.2, 0.25) is 11.8 Å². The van der Waals surface area contributed by atoms with Crippen LogP contribution in [0.1, 0.15) is 48.7 Å². The van der Waals surface area contributed by atoms with Gasteiger partial charge < -0.3 is 9.88 Å². The van der Waals surface area contributed by atoms with Crippen LogP contribution in [0.5, 0.6) is 0 Å². The zero-order chi connectivity index (χ0) is 21.6. The lowest BCUT2D eigenvalue weighted by Crippen LogP contribution is -2.48. The number of nitrogens with zero attached hydrogens (tertiary/aromatic N) is 2. The summed E-state index contributed by atoms with van der Waals surface area (Å²) >= 11 is 1.56. The fourth-order valence-electron chi connectivity index (χ4n) is 4.34. The monoisotopic (exact) mass is 435 g/mol. The molecule has 1 saturated carbocycles. The fourth-order valence-corrected chi connectivity index (χ4v) is 5.04. The van der Waals surface area contributed by atoms with E-state index in [1.165, 1.54) is 6.42 Å². The van der Waals surface area contributed by atoms with Gasteiger partial charge in [0.15, 0.2) is 6.04 Å². The zero-order valence-corrected chi connectivity index (χ0v) is 18.7. The van der Waals surface area contributed by atoms with E-state index in [0.29, 0.717) is 0 Å². The van der Waals surface area contributed by atoms with Crippen molar-refractivity contribution < 1.29 is 9.59 Å². The SMILES string of the molecule is Cn1cccc1C(C(=O)NC1CCCCC1)N(C(=O)Cc1cccs1)c1ccccc1. The van der Waals surface area contributed by atoms with E-state index in [2.05, 4.69) is 5.32 Å². The first-order valence-electron chi connectivity index (χ1n) is 10.9. The van der Waals surface area contributed by atoms with E-state index in [-0.39, 0.29) is 24.3 Å². The molecule has 1 N–H and O–H groups in total. The summed E-state index contributed by atoms with van der Waals surface area (Å²) in [5.41, 5.74) is 1.53. The molecule has 31 heavy (non-hydrogen) atoms. The van der Waals surface area contributed by atoms with Crippen LogP contribution in [0.15, 0.2) is 66.2 Å². The summed E-state index contributed by atoms with van der Waals surface area (Å²) in [6, 6.07) is 16.7. The van der Waals surface area contributed by atoms with Crippen LogP contribution in [0.3, 0.4) is 0 Å². The molecule has 4 rings (SSSR count). The number of carbonyl (C=O) groups is 2. The first-order chi connectivity index (χ1) is 15.1. The van der Waals surface area contributed by atoms with Gasteiger partial charge in [0.1, 0.15) is 0 Å². The number of amides is 2. The van der Waals surface area contributed by atoms with Gasteiger partial charge in [-0.3, -0.25) is 14.5 Å². The van der Waals surface area contributed by atoms with Gasteiger partial charge >= 0.3 is 0 Å². The third-order valence-corrected chi connectivity index (χ3v) is 6.81. The molecule has 1 aliphatic rings. The lowest BCUT2D eigenvalue weighted by molar-refractivity contribution is -0.127. The van der Waals surface area contributed by atoms with Crippen molar-refractivity contribution in [2.75, 3.05) is 4.90 Å². The van der Waals surface area contributed by atoms with E-state index in [1.807, 2.05) is 77.8 Å². The number of aryl methyl sites for hydroxylation is 1.